The van der Waals surface area contributed by atoms with Crippen molar-refractivity contribution in [3.8, 4) is 11.8 Å². The number of anilines is 1. The number of aliphatic hydroxyl groups excluding tert-OH is 1. The summed E-state index contributed by atoms with van der Waals surface area (Å²) in [5, 5.41) is 11.2. The van der Waals surface area contributed by atoms with E-state index in [2.05, 4.69) is 22.1 Å². The quantitative estimate of drug-likeness (QED) is 0.830. The van der Waals surface area contributed by atoms with Gasteiger partial charge in [0, 0.05) is 17.6 Å². The topological polar surface area (TPSA) is 62.2 Å². The van der Waals surface area contributed by atoms with Crippen LogP contribution in [0.4, 0.5) is 10.1 Å². The first-order valence-electron chi connectivity index (χ1n) is 6.24. The van der Waals surface area contributed by atoms with Crippen molar-refractivity contribution in [1.82, 2.24) is 4.98 Å². The fraction of sp³-hybridized carbons (Fsp3) is 0.125. The highest BCUT2D eigenvalue weighted by Gasteiger charge is 2.10. The van der Waals surface area contributed by atoms with Crippen LogP contribution in [0.15, 0.2) is 36.5 Å². The molecule has 0 fully saturated rings. The van der Waals surface area contributed by atoms with Crippen LogP contribution in [-0.4, -0.2) is 22.6 Å². The van der Waals surface area contributed by atoms with E-state index in [1.165, 1.54) is 12.1 Å². The van der Waals surface area contributed by atoms with Gasteiger partial charge in [-0.2, -0.15) is 0 Å². The molecule has 106 valence electrons. The van der Waals surface area contributed by atoms with E-state index in [9.17, 15) is 9.18 Å². The Morgan fingerprint density at radius 2 is 2.24 bits per heavy atom. The number of carbonyl (C=O) groups is 1. The van der Waals surface area contributed by atoms with Gasteiger partial charge in [0.15, 0.2) is 0 Å². The second-order valence-corrected chi connectivity index (χ2v) is 4.25. The van der Waals surface area contributed by atoms with Crippen molar-refractivity contribution < 1.29 is 14.3 Å². The number of aliphatic hydroxyl groups is 1. The average molecular weight is 284 g/mol. The Balaban J connectivity index is 2.19. The molecule has 0 spiro atoms. The first-order valence-corrected chi connectivity index (χ1v) is 6.24. The molecule has 1 aromatic carbocycles. The highest BCUT2D eigenvalue weighted by Crippen LogP contribution is 2.15. The van der Waals surface area contributed by atoms with Gasteiger partial charge in [-0.15, -0.1) is 0 Å². The van der Waals surface area contributed by atoms with Crippen LogP contribution >= 0.6 is 0 Å². The number of carbonyl (C=O) groups excluding carboxylic acids is 1. The number of aryl methyl sites for hydroxylation is 1. The number of benzene rings is 1. The number of nitrogens with one attached hydrogen (secondary N) is 1. The number of nitrogens with zero attached hydrogens (tertiary/aromatic N) is 1. The third-order valence-corrected chi connectivity index (χ3v) is 2.78. The minimum atomic E-state index is -0.559. The maximum atomic E-state index is 13.8. The maximum absolute atomic E-state index is 13.8. The van der Waals surface area contributed by atoms with E-state index >= 15 is 0 Å². The average Bonchev–Trinajstić information content (AvgIpc) is 2.47. The summed E-state index contributed by atoms with van der Waals surface area (Å²) in [5.41, 5.74) is 1.53. The normalized spacial score (nSPS) is 9.67. The number of hydrogen-bond donors (Lipinski definition) is 2. The molecule has 1 heterocycles. The van der Waals surface area contributed by atoms with Gasteiger partial charge < -0.3 is 10.4 Å². The summed E-state index contributed by atoms with van der Waals surface area (Å²) in [6.45, 7) is 1.39. The largest absolute Gasteiger partial charge is 0.384 e. The third kappa shape index (κ3) is 3.65. The third-order valence-electron chi connectivity index (χ3n) is 2.78. The van der Waals surface area contributed by atoms with E-state index in [1.54, 1.807) is 31.3 Å². The summed E-state index contributed by atoms with van der Waals surface area (Å²) < 4.78 is 13.8. The summed E-state index contributed by atoms with van der Waals surface area (Å²) in [6, 6.07) is 7.49. The van der Waals surface area contributed by atoms with Crippen molar-refractivity contribution >= 4 is 11.6 Å². The highest BCUT2D eigenvalue weighted by atomic mass is 19.1. The summed E-state index contributed by atoms with van der Waals surface area (Å²) in [6.07, 6.45) is 1.60. The van der Waals surface area contributed by atoms with Crippen LogP contribution in [0, 0.1) is 24.6 Å². The van der Waals surface area contributed by atoms with Crippen LogP contribution in [0.1, 0.15) is 21.6 Å². The molecule has 2 aromatic rings. The fourth-order valence-electron chi connectivity index (χ4n) is 1.75. The lowest BCUT2D eigenvalue weighted by atomic mass is 10.1. The Morgan fingerprint density at radius 3 is 2.90 bits per heavy atom. The first kappa shape index (κ1) is 14.7. The number of aromatic nitrogens is 1. The minimum Gasteiger partial charge on any atom is -0.384 e. The molecule has 0 aliphatic heterocycles. The molecule has 2 rings (SSSR count). The first-order chi connectivity index (χ1) is 10.1. The molecule has 0 saturated carbocycles. The van der Waals surface area contributed by atoms with E-state index in [4.69, 9.17) is 5.11 Å². The molecule has 0 atom stereocenters. The Morgan fingerprint density at radius 1 is 1.43 bits per heavy atom. The summed E-state index contributed by atoms with van der Waals surface area (Å²) in [4.78, 5) is 16.1. The Labute approximate surface area is 121 Å². The summed E-state index contributed by atoms with van der Waals surface area (Å²) in [5.74, 6) is 3.94. The molecule has 0 bridgehead atoms. The molecule has 0 radical (unpaired) electrons. The van der Waals surface area contributed by atoms with Gasteiger partial charge in [0.1, 0.15) is 12.4 Å². The van der Waals surface area contributed by atoms with Gasteiger partial charge in [0.05, 0.1) is 11.1 Å². The molecule has 4 nitrogen and oxygen atoms in total. The minimum absolute atomic E-state index is 0.166. The lowest BCUT2D eigenvalue weighted by Crippen LogP contribution is -2.14. The molecular weight excluding hydrogens is 271 g/mol. The zero-order chi connectivity index (χ0) is 15.2. The summed E-state index contributed by atoms with van der Waals surface area (Å²) in [7, 11) is 0. The molecule has 21 heavy (non-hydrogen) atoms. The number of amides is 1. The lowest BCUT2D eigenvalue weighted by molar-refractivity contribution is 0.102. The molecule has 0 unspecified atom stereocenters. The Bertz CT molecular complexity index is 733. The molecule has 0 aliphatic carbocycles. The second-order valence-electron chi connectivity index (χ2n) is 4.25. The van der Waals surface area contributed by atoms with Crippen molar-refractivity contribution in [3.05, 3.63) is 59.2 Å². The molecule has 0 aliphatic rings. The van der Waals surface area contributed by atoms with Gasteiger partial charge in [0.2, 0.25) is 0 Å². The molecule has 5 heteroatoms. The van der Waals surface area contributed by atoms with Crippen LogP contribution in [0.5, 0.6) is 0 Å². The van der Waals surface area contributed by atoms with Crippen LogP contribution in [-0.2, 0) is 0 Å². The van der Waals surface area contributed by atoms with E-state index < -0.39 is 5.82 Å². The number of halogens is 1. The number of pyridine rings is 1. The van der Waals surface area contributed by atoms with Gasteiger partial charge >= 0.3 is 0 Å². The van der Waals surface area contributed by atoms with E-state index in [0.29, 0.717) is 16.9 Å². The van der Waals surface area contributed by atoms with E-state index in [-0.39, 0.29) is 18.1 Å². The molecule has 1 amide bonds. The SMILES string of the molecule is Cc1ncccc1C(=O)Nc1ccc(C#CCO)c(F)c1. The van der Waals surface area contributed by atoms with Crippen LogP contribution in [0.2, 0.25) is 0 Å². The molecule has 2 N–H and O–H groups in total. The van der Waals surface area contributed by atoms with Gasteiger partial charge in [-0.1, -0.05) is 11.8 Å². The van der Waals surface area contributed by atoms with Crippen LogP contribution in [0.3, 0.4) is 0 Å². The Hall–Kier alpha value is -2.71. The lowest BCUT2D eigenvalue weighted by Gasteiger charge is -2.07. The van der Waals surface area contributed by atoms with Crippen molar-refractivity contribution in [1.29, 1.82) is 0 Å². The number of hydrogen-bond acceptors (Lipinski definition) is 3. The standard InChI is InChI=1S/C16H13FN2O2/c1-11-14(5-2-8-18-11)16(21)19-13-7-6-12(4-3-9-20)15(17)10-13/h2,5-8,10,20H,9H2,1H3,(H,19,21). The zero-order valence-corrected chi connectivity index (χ0v) is 11.4. The number of rotatable bonds is 2. The van der Waals surface area contributed by atoms with E-state index in [0.717, 1.165) is 0 Å². The fourth-order valence-corrected chi connectivity index (χ4v) is 1.75. The van der Waals surface area contributed by atoms with Gasteiger partial charge in [0.25, 0.3) is 5.91 Å². The predicted molar refractivity (Wildman–Crippen MR) is 77.3 cm³/mol. The molecular formula is C16H13FN2O2. The van der Waals surface area contributed by atoms with Crippen molar-refractivity contribution in [2.24, 2.45) is 0 Å². The Kier molecular flexibility index (Phi) is 4.64. The van der Waals surface area contributed by atoms with Gasteiger partial charge in [-0.05, 0) is 37.3 Å². The summed E-state index contributed by atoms with van der Waals surface area (Å²) >= 11 is 0. The highest BCUT2D eigenvalue weighted by molar-refractivity contribution is 6.04. The monoisotopic (exact) mass is 284 g/mol. The van der Waals surface area contributed by atoms with Crippen LogP contribution in [0.25, 0.3) is 0 Å². The van der Waals surface area contributed by atoms with Crippen molar-refractivity contribution in [2.45, 2.75) is 6.92 Å². The van der Waals surface area contributed by atoms with Crippen molar-refractivity contribution in [3.63, 3.8) is 0 Å². The van der Waals surface area contributed by atoms with Crippen molar-refractivity contribution in [2.75, 3.05) is 11.9 Å². The smallest absolute Gasteiger partial charge is 0.257 e. The second kappa shape index (κ2) is 6.64. The van der Waals surface area contributed by atoms with Gasteiger partial charge in [-0.3, -0.25) is 9.78 Å². The van der Waals surface area contributed by atoms with E-state index in [1.807, 2.05) is 0 Å². The molecule has 0 saturated heterocycles. The maximum Gasteiger partial charge on any atom is 0.257 e. The molecule has 1 aromatic heterocycles. The van der Waals surface area contributed by atoms with Crippen LogP contribution < -0.4 is 5.32 Å². The van der Waals surface area contributed by atoms with Gasteiger partial charge in [-0.25, -0.2) is 4.39 Å². The zero-order valence-electron chi connectivity index (χ0n) is 11.4. The predicted octanol–water partition coefficient (Wildman–Crippen LogP) is 2.13.